The molecule has 2 heteroatoms. The molecule has 0 radical (unpaired) electrons. The van der Waals surface area contributed by atoms with Gasteiger partial charge in [0.25, 0.3) is 0 Å². The highest BCUT2D eigenvalue weighted by atomic mass is 16.5. The molecule has 1 aliphatic rings. The molecule has 2 nitrogen and oxygen atoms in total. The summed E-state index contributed by atoms with van der Waals surface area (Å²) in [5, 5.41) is 0. The lowest BCUT2D eigenvalue weighted by Crippen LogP contribution is -2.39. The van der Waals surface area contributed by atoms with Gasteiger partial charge in [-0.2, -0.15) is 0 Å². The van der Waals surface area contributed by atoms with Gasteiger partial charge in [-0.25, -0.2) is 0 Å². The summed E-state index contributed by atoms with van der Waals surface area (Å²) in [6.07, 6.45) is 7.66. The van der Waals surface area contributed by atoms with Gasteiger partial charge in [-0.05, 0) is 38.3 Å². The Bertz CT molecular complexity index is 554. The van der Waals surface area contributed by atoms with Crippen LogP contribution in [-0.4, -0.2) is 12.9 Å². The summed E-state index contributed by atoms with van der Waals surface area (Å²) in [6.45, 7) is 3.98. The van der Waals surface area contributed by atoms with Crippen molar-refractivity contribution in [2.75, 3.05) is 7.11 Å². The molecule has 0 heterocycles. The minimum Gasteiger partial charge on any atom is -0.501 e. The summed E-state index contributed by atoms with van der Waals surface area (Å²) >= 11 is 0. The number of benzene rings is 1. The fourth-order valence-electron chi connectivity index (χ4n) is 3.15. The lowest BCUT2D eigenvalue weighted by Gasteiger charge is -2.37. The Balaban J connectivity index is 2.49. The molecule has 1 aliphatic carbocycles. The summed E-state index contributed by atoms with van der Waals surface area (Å²) in [6, 6.07) is 10.2. The second-order valence-corrected chi connectivity index (χ2v) is 5.73. The summed E-state index contributed by atoms with van der Waals surface area (Å²) in [5.74, 6) is 1.19. The van der Waals surface area contributed by atoms with Crippen LogP contribution in [0.15, 0.2) is 53.8 Å². The van der Waals surface area contributed by atoms with Crippen LogP contribution in [0.1, 0.15) is 45.1 Å². The zero-order valence-electron chi connectivity index (χ0n) is 13.2. The fourth-order valence-corrected chi connectivity index (χ4v) is 3.15. The second-order valence-electron chi connectivity index (χ2n) is 5.73. The molecule has 112 valence electrons. The molecule has 21 heavy (non-hydrogen) atoms. The standard InChI is InChI=1S/C19H24O2/c1-15(12-13-16(2)21-3)19(14-8-7-11-18(19)20)17-9-5-4-6-10-17/h4-6,9-10,12-13H,7-8,11,14H2,1-3H3/b15-12+,16-13+. The maximum atomic E-state index is 12.8. The number of ether oxygens (including phenoxy) is 1. The van der Waals surface area contributed by atoms with Crippen molar-refractivity contribution < 1.29 is 9.53 Å². The minimum atomic E-state index is -0.454. The highest BCUT2D eigenvalue weighted by Gasteiger charge is 2.42. The first kappa shape index (κ1) is 15.6. The SMILES string of the molecule is CO/C(C)=C/C=C(\C)C1(c2ccccc2)CCCCC1=O. The molecule has 2 rings (SSSR count). The molecule has 1 aromatic carbocycles. The van der Waals surface area contributed by atoms with Crippen LogP contribution in [0.2, 0.25) is 0 Å². The van der Waals surface area contributed by atoms with E-state index in [2.05, 4.69) is 19.1 Å². The Morgan fingerprint density at radius 3 is 2.48 bits per heavy atom. The second kappa shape index (κ2) is 6.75. The van der Waals surface area contributed by atoms with Crippen LogP contribution in [0, 0.1) is 0 Å². The summed E-state index contributed by atoms with van der Waals surface area (Å²) in [5.41, 5.74) is 1.77. The number of hydrogen-bond acceptors (Lipinski definition) is 2. The number of Topliss-reactive ketones (excluding diaryl/α,β-unsaturated/α-hetero) is 1. The maximum Gasteiger partial charge on any atom is 0.147 e. The highest BCUT2D eigenvalue weighted by Crippen LogP contribution is 2.42. The van der Waals surface area contributed by atoms with Crippen molar-refractivity contribution in [2.45, 2.75) is 44.9 Å². The number of hydrogen-bond donors (Lipinski definition) is 0. The number of allylic oxidation sites excluding steroid dienone is 4. The van der Waals surface area contributed by atoms with Crippen molar-refractivity contribution in [3.8, 4) is 0 Å². The van der Waals surface area contributed by atoms with Gasteiger partial charge in [0.15, 0.2) is 0 Å². The van der Waals surface area contributed by atoms with E-state index < -0.39 is 5.41 Å². The fraction of sp³-hybridized carbons (Fsp3) is 0.421. The predicted molar refractivity (Wildman–Crippen MR) is 86.1 cm³/mol. The first-order valence-electron chi connectivity index (χ1n) is 7.59. The van der Waals surface area contributed by atoms with Gasteiger partial charge in [0.1, 0.15) is 5.78 Å². The van der Waals surface area contributed by atoms with E-state index in [-0.39, 0.29) is 0 Å². The number of carbonyl (C=O) groups is 1. The predicted octanol–water partition coefficient (Wildman–Crippen LogP) is 4.56. The van der Waals surface area contributed by atoms with Gasteiger partial charge < -0.3 is 4.74 Å². The maximum absolute atomic E-state index is 12.8. The molecule has 0 amide bonds. The third-order valence-corrected chi connectivity index (χ3v) is 4.51. The van der Waals surface area contributed by atoms with Crippen molar-refractivity contribution in [1.82, 2.24) is 0 Å². The van der Waals surface area contributed by atoms with Gasteiger partial charge in [0.05, 0.1) is 18.3 Å². The van der Waals surface area contributed by atoms with Gasteiger partial charge in [-0.1, -0.05) is 48.4 Å². The van der Waals surface area contributed by atoms with Gasteiger partial charge in [0, 0.05) is 6.42 Å². The molecule has 0 aromatic heterocycles. The largest absolute Gasteiger partial charge is 0.501 e. The topological polar surface area (TPSA) is 26.3 Å². The Morgan fingerprint density at radius 1 is 1.14 bits per heavy atom. The summed E-state index contributed by atoms with van der Waals surface area (Å²) in [4.78, 5) is 12.8. The van der Waals surface area contributed by atoms with E-state index in [4.69, 9.17) is 4.74 Å². The molecule has 0 spiro atoms. The molecule has 1 aromatic rings. The molecule has 0 N–H and O–H groups in total. The Labute approximate surface area is 127 Å². The first-order valence-corrected chi connectivity index (χ1v) is 7.59. The van der Waals surface area contributed by atoms with Crippen LogP contribution in [0.4, 0.5) is 0 Å². The number of carbonyl (C=O) groups excluding carboxylic acids is 1. The van der Waals surface area contributed by atoms with Crippen LogP contribution in [0.25, 0.3) is 0 Å². The number of rotatable bonds is 4. The molecule has 0 bridgehead atoms. The molecular formula is C19H24O2. The average molecular weight is 284 g/mol. The van der Waals surface area contributed by atoms with Crippen molar-refractivity contribution in [3.05, 3.63) is 59.4 Å². The van der Waals surface area contributed by atoms with Crippen molar-refractivity contribution in [1.29, 1.82) is 0 Å². The Kier molecular flexibility index (Phi) is 5.00. The highest BCUT2D eigenvalue weighted by molar-refractivity contribution is 5.94. The molecule has 1 fully saturated rings. The van der Waals surface area contributed by atoms with E-state index in [9.17, 15) is 4.79 Å². The summed E-state index contributed by atoms with van der Waals surface area (Å²) < 4.78 is 5.18. The van der Waals surface area contributed by atoms with Crippen molar-refractivity contribution >= 4 is 5.78 Å². The van der Waals surface area contributed by atoms with E-state index in [1.54, 1.807) is 7.11 Å². The van der Waals surface area contributed by atoms with Gasteiger partial charge in [-0.3, -0.25) is 4.79 Å². The van der Waals surface area contributed by atoms with Crippen LogP contribution >= 0.6 is 0 Å². The van der Waals surface area contributed by atoms with E-state index in [1.165, 1.54) is 0 Å². The Hall–Kier alpha value is -1.83. The summed E-state index contributed by atoms with van der Waals surface area (Å²) in [7, 11) is 1.66. The Morgan fingerprint density at radius 2 is 1.86 bits per heavy atom. The van der Waals surface area contributed by atoms with E-state index in [1.807, 2.05) is 37.3 Å². The van der Waals surface area contributed by atoms with Crippen molar-refractivity contribution in [3.63, 3.8) is 0 Å². The lowest BCUT2D eigenvalue weighted by molar-refractivity contribution is -0.125. The quantitative estimate of drug-likeness (QED) is 0.598. The normalized spacial score (nSPS) is 24.0. The van der Waals surface area contributed by atoms with E-state index in [0.717, 1.165) is 36.2 Å². The van der Waals surface area contributed by atoms with Crippen molar-refractivity contribution in [2.24, 2.45) is 0 Å². The number of ketones is 1. The van der Waals surface area contributed by atoms with Crippen LogP contribution in [0.5, 0.6) is 0 Å². The van der Waals surface area contributed by atoms with Crippen LogP contribution in [-0.2, 0) is 14.9 Å². The molecule has 0 aliphatic heterocycles. The van der Waals surface area contributed by atoms with Gasteiger partial charge >= 0.3 is 0 Å². The van der Waals surface area contributed by atoms with Crippen LogP contribution in [0.3, 0.4) is 0 Å². The smallest absolute Gasteiger partial charge is 0.147 e. The molecule has 1 saturated carbocycles. The minimum absolute atomic E-state index is 0.345. The molecule has 1 atom stereocenters. The third kappa shape index (κ3) is 3.10. The van der Waals surface area contributed by atoms with E-state index >= 15 is 0 Å². The average Bonchev–Trinajstić information content (AvgIpc) is 2.53. The molecule has 1 unspecified atom stereocenters. The number of methoxy groups -OCH3 is 1. The zero-order chi connectivity index (χ0) is 15.3. The van der Waals surface area contributed by atoms with Crippen LogP contribution < -0.4 is 0 Å². The van der Waals surface area contributed by atoms with E-state index in [0.29, 0.717) is 12.2 Å². The van der Waals surface area contributed by atoms with Gasteiger partial charge in [-0.15, -0.1) is 0 Å². The lowest BCUT2D eigenvalue weighted by atomic mass is 9.64. The first-order chi connectivity index (χ1) is 10.1. The molecular weight excluding hydrogens is 260 g/mol. The third-order valence-electron chi connectivity index (χ3n) is 4.51. The van der Waals surface area contributed by atoms with Gasteiger partial charge in [0.2, 0.25) is 0 Å². The zero-order valence-corrected chi connectivity index (χ0v) is 13.2. The molecule has 0 saturated heterocycles. The monoisotopic (exact) mass is 284 g/mol.